The second kappa shape index (κ2) is 7.69. The molecule has 1 aliphatic rings. The highest BCUT2D eigenvalue weighted by molar-refractivity contribution is 5.94. The molecule has 2 atom stereocenters. The van der Waals surface area contributed by atoms with Gasteiger partial charge in [-0.1, -0.05) is 31.0 Å². The Hall–Kier alpha value is -2.77. The maximum atomic E-state index is 12.7. The molecular formula is C20H21F3N2O3. The van der Waals surface area contributed by atoms with E-state index >= 15 is 0 Å². The molecule has 0 bridgehead atoms. The van der Waals surface area contributed by atoms with Gasteiger partial charge in [0, 0.05) is 12.0 Å². The summed E-state index contributed by atoms with van der Waals surface area (Å²) < 4.78 is 44.1. The van der Waals surface area contributed by atoms with E-state index in [0.717, 1.165) is 30.0 Å². The number of nitrogens with one attached hydrogen (secondary N) is 2. The van der Waals surface area contributed by atoms with Crippen LogP contribution in [-0.2, 0) is 6.18 Å². The van der Waals surface area contributed by atoms with E-state index in [4.69, 9.17) is 4.74 Å². The van der Waals surface area contributed by atoms with Crippen LogP contribution < -0.4 is 15.6 Å². The smallest absolute Gasteiger partial charge is 0.431 e. The van der Waals surface area contributed by atoms with E-state index in [-0.39, 0.29) is 11.7 Å². The molecule has 0 spiro atoms. The van der Waals surface area contributed by atoms with Gasteiger partial charge in [-0.05, 0) is 31.5 Å². The Labute approximate surface area is 159 Å². The quantitative estimate of drug-likeness (QED) is 0.819. The monoisotopic (exact) mass is 394 g/mol. The molecule has 1 amide bonds. The first kappa shape index (κ1) is 20.0. The molecule has 8 heteroatoms. The van der Waals surface area contributed by atoms with Crippen molar-refractivity contribution in [1.82, 2.24) is 10.3 Å². The molecule has 28 heavy (non-hydrogen) atoms. The Balaban J connectivity index is 1.87. The topological polar surface area (TPSA) is 71.2 Å². The van der Waals surface area contributed by atoms with Gasteiger partial charge in [0.25, 0.3) is 11.5 Å². The number of pyridine rings is 1. The summed E-state index contributed by atoms with van der Waals surface area (Å²) in [5.41, 5.74) is -0.842. The van der Waals surface area contributed by atoms with Gasteiger partial charge in [0.15, 0.2) is 0 Å². The van der Waals surface area contributed by atoms with Gasteiger partial charge in [0.1, 0.15) is 23.1 Å². The first-order chi connectivity index (χ1) is 13.2. The van der Waals surface area contributed by atoms with E-state index in [1.165, 1.54) is 0 Å². The van der Waals surface area contributed by atoms with Gasteiger partial charge in [-0.25, -0.2) is 0 Å². The van der Waals surface area contributed by atoms with Crippen molar-refractivity contribution in [3.63, 3.8) is 0 Å². The normalized spacial score (nSPS) is 18.9. The highest BCUT2D eigenvalue weighted by Crippen LogP contribution is 2.36. The Bertz CT molecular complexity index is 937. The number of aromatic amines is 1. The molecule has 2 heterocycles. The van der Waals surface area contributed by atoms with Crippen LogP contribution >= 0.6 is 0 Å². The van der Waals surface area contributed by atoms with Crippen molar-refractivity contribution < 1.29 is 22.7 Å². The minimum atomic E-state index is -4.68. The Morgan fingerprint density at radius 3 is 2.68 bits per heavy atom. The minimum Gasteiger partial charge on any atom is -0.490 e. The number of hydrogen-bond acceptors (Lipinski definition) is 3. The van der Waals surface area contributed by atoms with Crippen LogP contribution in [-0.4, -0.2) is 17.0 Å². The van der Waals surface area contributed by atoms with Crippen LogP contribution in [0.1, 0.15) is 59.4 Å². The predicted molar refractivity (Wildman–Crippen MR) is 97.4 cm³/mol. The SMILES string of the molecule is CCCC1CC(NC(=O)c2ccc(C(F)(F)F)[nH]c2=O)c2cc(C)ccc2O1. The number of amides is 1. The van der Waals surface area contributed by atoms with Crippen molar-refractivity contribution in [2.24, 2.45) is 0 Å². The summed E-state index contributed by atoms with van der Waals surface area (Å²) in [7, 11) is 0. The van der Waals surface area contributed by atoms with Gasteiger partial charge < -0.3 is 15.0 Å². The molecular weight excluding hydrogens is 373 g/mol. The fourth-order valence-corrected chi connectivity index (χ4v) is 3.35. The molecule has 2 unspecified atom stereocenters. The number of carbonyl (C=O) groups is 1. The molecule has 0 radical (unpaired) electrons. The number of carbonyl (C=O) groups excluding carboxylic acids is 1. The molecule has 0 saturated heterocycles. The average molecular weight is 394 g/mol. The summed E-state index contributed by atoms with van der Waals surface area (Å²) in [6, 6.07) is 6.85. The number of H-pyrrole nitrogens is 1. The number of aryl methyl sites for hydroxylation is 1. The lowest BCUT2D eigenvalue weighted by Gasteiger charge is -2.33. The largest absolute Gasteiger partial charge is 0.490 e. The fourth-order valence-electron chi connectivity index (χ4n) is 3.35. The molecule has 1 aromatic heterocycles. The number of ether oxygens (including phenoxy) is 1. The van der Waals surface area contributed by atoms with Crippen molar-refractivity contribution in [2.45, 2.75) is 51.4 Å². The van der Waals surface area contributed by atoms with Gasteiger partial charge in [0.2, 0.25) is 0 Å². The van der Waals surface area contributed by atoms with Crippen LogP contribution in [0.25, 0.3) is 0 Å². The molecule has 0 saturated carbocycles. The predicted octanol–water partition coefficient (Wildman–Crippen LogP) is 4.12. The van der Waals surface area contributed by atoms with Crippen molar-refractivity contribution in [2.75, 3.05) is 0 Å². The van der Waals surface area contributed by atoms with Gasteiger partial charge in [-0.15, -0.1) is 0 Å². The van der Waals surface area contributed by atoms with Gasteiger partial charge in [-0.3, -0.25) is 9.59 Å². The lowest BCUT2D eigenvalue weighted by molar-refractivity contribution is -0.141. The maximum Gasteiger partial charge on any atom is 0.431 e. The number of rotatable bonds is 4. The highest BCUT2D eigenvalue weighted by atomic mass is 19.4. The third-order valence-electron chi connectivity index (χ3n) is 4.71. The number of fused-ring (bicyclic) bond motifs is 1. The Morgan fingerprint density at radius 2 is 2.04 bits per heavy atom. The number of aromatic nitrogens is 1. The second-order valence-electron chi connectivity index (χ2n) is 6.94. The summed E-state index contributed by atoms with van der Waals surface area (Å²) in [5.74, 6) is -0.0495. The van der Waals surface area contributed by atoms with E-state index in [9.17, 15) is 22.8 Å². The van der Waals surface area contributed by atoms with E-state index in [0.29, 0.717) is 18.2 Å². The summed E-state index contributed by atoms with van der Waals surface area (Å²) in [6.07, 6.45) is -2.53. The van der Waals surface area contributed by atoms with Gasteiger partial charge >= 0.3 is 6.18 Å². The van der Waals surface area contributed by atoms with Crippen LogP contribution in [0.15, 0.2) is 35.1 Å². The molecule has 3 rings (SSSR count). The van der Waals surface area contributed by atoms with Crippen molar-refractivity contribution >= 4 is 5.91 Å². The fraction of sp³-hybridized carbons (Fsp3) is 0.400. The summed E-state index contributed by atoms with van der Waals surface area (Å²) >= 11 is 0. The van der Waals surface area contributed by atoms with Crippen molar-refractivity contribution in [3.05, 3.63) is 63.1 Å². The van der Waals surface area contributed by atoms with Crippen molar-refractivity contribution in [1.29, 1.82) is 0 Å². The first-order valence-electron chi connectivity index (χ1n) is 9.07. The van der Waals surface area contributed by atoms with Crippen molar-refractivity contribution in [3.8, 4) is 5.75 Å². The summed E-state index contributed by atoms with van der Waals surface area (Å²) in [6.45, 7) is 3.95. The van der Waals surface area contributed by atoms with Gasteiger partial charge in [0.05, 0.1) is 6.04 Å². The lowest BCUT2D eigenvalue weighted by Crippen LogP contribution is -2.38. The Kier molecular flexibility index (Phi) is 5.49. The minimum absolute atomic E-state index is 0.0867. The third-order valence-corrected chi connectivity index (χ3v) is 4.71. The standard InChI is InChI=1S/C20H21F3N2O3/c1-3-4-12-10-15(14-9-11(2)5-7-16(14)28-12)24-18(26)13-6-8-17(20(21,22)23)25-19(13)27/h5-9,12,15H,3-4,10H2,1-2H3,(H,24,26)(H,25,27). The number of benzene rings is 1. The molecule has 150 valence electrons. The average Bonchev–Trinajstić information content (AvgIpc) is 2.61. The number of hydrogen-bond donors (Lipinski definition) is 2. The van der Waals surface area contributed by atoms with E-state index < -0.39 is 29.4 Å². The van der Waals surface area contributed by atoms with Crippen LogP contribution in [0.4, 0.5) is 13.2 Å². The first-order valence-corrected chi connectivity index (χ1v) is 9.07. The second-order valence-corrected chi connectivity index (χ2v) is 6.94. The third kappa shape index (κ3) is 4.21. The number of alkyl halides is 3. The zero-order chi connectivity index (χ0) is 20.5. The van der Waals surface area contributed by atoms with Crippen LogP contribution in [0.2, 0.25) is 0 Å². The molecule has 0 fully saturated rings. The lowest BCUT2D eigenvalue weighted by atomic mass is 9.93. The molecule has 2 aromatic rings. The van der Waals surface area contributed by atoms with Gasteiger partial charge in [-0.2, -0.15) is 13.2 Å². The van der Waals surface area contributed by atoms with Crippen LogP contribution in [0.5, 0.6) is 5.75 Å². The maximum absolute atomic E-state index is 12.7. The molecule has 5 nitrogen and oxygen atoms in total. The van der Waals surface area contributed by atoms with E-state index in [1.54, 1.807) is 4.98 Å². The van der Waals surface area contributed by atoms with E-state index in [1.807, 2.05) is 32.0 Å². The molecule has 1 aromatic carbocycles. The van der Waals surface area contributed by atoms with Crippen LogP contribution in [0.3, 0.4) is 0 Å². The van der Waals surface area contributed by atoms with E-state index in [2.05, 4.69) is 5.32 Å². The Morgan fingerprint density at radius 1 is 1.29 bits per heavy atom. The zero-order valence-corrected chi connectivity index (χ0v) is 15.5. The molecule has 2 N–H and O–H groups in total. The molecule has 0 aliphatic carbocycles. The van der Waals surface area contributed by atoms with Crippen LogP contribution in [0, 0.1) is 6.92 Å². The zero-order valence-electron chi connectivity index (χ0n) is 15.5. The summed E-state index contributed by atoms with van der Waals surface area (Å²) in [4.78, 5) is 26.3. The highest BCUT2D eigenvalue weighted by Gasteiger charge is 2.33. The molecule has 1 aliphatic heterocycles. The number of halogens is 3. The summed E-state index contributed by atoms with van der Waals surface area (Å²) in [5, 5.41) is 2.79.